The van der Waals surface area contributed by atoms with E-state index < -0.39 is 6.61 Å². The van der Waals surface area contributed by atoms with Gasteiger partial charge >= 0.3 is 6.61 Å². The van der Waals surface area contributed by atoms with E-state index in [1.54, 1.807) is 18.2 Å². The molecule has 0 radical (unpaired) electrons. The maximum absolute atomic E-state index is 12.4. The molecule has 6 heteroatoms. The number of aryl methyl sites for hydroxylation is 1. The Morgan fingerprint density at radius 3 is 2.63 bits per heavy atom. The van der Waals surface area contributed by atoms with Crippen LogP contribution in [0.4, 0.5) is 20.2 Å². The number of amides is 1. The van der Waals surface area contributed by atoms with Gasteiger partial charge in [0.05, 0.1) is 0 Å². The lowest BCUT2D eigenvalue weighted by molar-refractivity contribution is -0.111. The molecule has 2 aromatic rings. The Hall–Kier alpha value is -2.89. The number of halogens is 2. The molecule has 4 nitrogen and oxygen atoms in total. The van der Waals surface area contributed by atoms with Crippen molar-refractivity contribution in [2.45, 2.75) is 26.4 Å². The van der Waals surface area contributed by atoms with E-state index in [-0.39, 0.29) is 11.7 Å². The van der Waals surface area contributed by atoms with E-state index in [1.807, 2.05) is 19.1 Å². The number of carbonyl (C=O) groups excluding carboxylic acids is 1. The number of para-hydroxylation sites is 1. The Balaban J connectivity index is 1.66. The van der Waals surface area contributed by atoms with Crippen LogP contribution in [-0.4, -0.2) is 25.6 Å². The normalized spacial score (nSPS) is 14.1. The van der Waals surface area contributed by atoms with Gasteiger partial charge in [0.15, 0.2) is 0 Å². The van der Waals surface area contributed by atoms with Crippen molar-refractivity contribution in [3.63, 3.8) is 0 Å². The topological polar surface area (TPSA) is 41.6 Å². The average molecular weight is 372 g/mol. The van der Waals surface area contributed by atoms with E-state index in [2.05, 4.69) is 21.0 Å². The largest absolute Gasteiger partial charge is 0.434 e. The van der Waals surface area contributed by atoms with Gasteiger partial charge in [-0.15, -0.1) is 0 Å². The molecule has 1 aliphatic heterocycles. The van der Waals surface area contributed by atoms with Crippen LogP contribution < -0.4 is 15.0 Å². The summed E-state index contributed by atoms with van der Waals surface area (Å²) in [7, 11) is 0. The lowest BCUT2D eigenvalue weighted by Gasteiger charge is -2.19. The van der Waals surface area contributed by atoms with Gasteiger partial charge in [0, 0.05) is 36.1 Å². The molecule has 0 atom stereocenters. The molecule has 2 aromatic carbocycles. The van der Waals surface area contributed by atoms with Crippen LogP contribution in [0.15, 0.2) is 48.5 Å². The number of anilines is 2. The van der Waals surface area contributed by atoms with Crippen molar-refractivity contribution >= 4 is 23.4 Å². The number of ether oxygens (including phenoxy) is 1. The fourth-order valence-corrected chi connectivity index (χ4v) is 3.12. The van der Waals surface area contributed by atoms with Gasteiger partial charge in [-0.1, -0.05) is 18.2 Å². The number of hydrogen-bond acceptors (Lipinski definition) is 3. The van der Waals surface area contributed by atoms with E-state index in [4.69, 9.17) is 0 Å². The third kappa shape index (κ3) is 5.06. The monoisotopic (exact) mass is 372 g/mol. The molecule has 0 saturated carbocycles. The molecule has 0 unspecified atom stereocenters. The Bertz CT molecular complexity index is 831. The van der Waals surface area contributed by atoms with Gasteiger partial charge in [-0.3, -0.25) is 4.79 Å². The Kier molecular flexibility index (Phi) is 6.06. The average Bonchev–Trinajstić information content (AvgIpc) is 3.17. The zero-order chi connectivity index (χ0) is 19.2. The lowest BCUT2D eigenvalue weighted by atomic mass is 10.1. The number of nitrogens with zero attached hydrogens (tertiary/aromatic N) is 1. The Morgan fingerprint density at radius 1 is 1.19 bits per heavy atom. The summed E-state index contributed by atoms with van der Waals surface area (Å²) in [5.41, 5.74) is 3.28. The fourth-order valence-electron chi connectivity index (χ4n) is 3.12. The smallest absolute Gasteiger partial charge is 0.387 e. The number of nitrogens with one attached hydrogen (secondary N) is 1. The third-order valence-electron chi connectivity index (χ3n) is 4.49. The number of hydrogen-bond donors (Lipinski definition) is 1. The first-order valence-corrected chi connectivity index (χ1v) is 8.91. The maximum Gasteiger partial charge on any atom is 0.387 e. The van der Waals surface area contributed by atoms with Gasteiger partial charge < -0.3 is 15.0 Å². The summed E-state index contributed by atoms with van der Waals surface area (Å²) >= 11 is 0. The van der Waals surface area contributed by atoms with Crippen LogP contribution in [0.5, 0.6) is 5.75 Å². The molecule has 0 aliphatic carbocycles. The summed E-state index contributed by atoms with van der Waals surface area (Å²) in [6, 6.07) is 12.3. The zero-order valence-corrected chi connectivity index (χ0v) is 15.1. The van der Waals surface area contributed by atoms with Gasteiger partial charge in [0.25, 0.3) is 0 Å². The number of benzene rings is 2. The minimum atomic E-state index is -2.91. The molecular weight excluding hydrogens is 350 g/mol. The summed E-state index contributed by atoms with van der Waals surface area (Å²) in [4.78, 5) is 14.5. The van der Waals surface area contributed by atoms with Crippen molar-refractivity contribution in [1.82, 2.24) is 0 Å². The SMILES string of the molecule is Cc1cc(N2CCCC2)ccc1NC(=O)/C=C/c1ccccc1OC(F)F. The predicted octanol–water partition coefficient (Wildman–Crippen LogP) is 4.85. The highest BCUT2D eigenvalue weighted by Gasteiger charge is 2.13. The summed E-state index contributed by atoms with van der Waals surface area (Å²) in [5, 5.41) is 2.83. The molecule has 1 fully saturated rings. The number of carbonyl (C=O) groups is 1. The minimum absolute atomic E-state index is 0.0303. The highest BCUT2D eigenvalue weighted by Crippen LogP contribution is 2.26. The van der Waals surface area contributed by atoms with E-state index in [9.17, 15) is 13.6 Å². The van der Waals surface area contributed by atoms with Crippen molar-refractivity contribution < 1.29 is 18.3 Å². The molecule has 0 aromatic heterocycles. The first kappa shape index (κ1) is 18.9. The molecule has 1 saturated heterocycles. The number of rotatable bonds is 6. The minimum Gasteiger partial charge on any atom is -0.434 e. The molecule has 142 valence electrons. The maximum atomic E-state index is 12.4. The zero-order valence-electron chi connectivity index (χ0n) is 15.1. The van der Waals surface area contributed by atoms with Crippen LogP contribution in [0.3, 0.4) is 0 Å². The van der Waals surface area contributed by atoms with Crippen LogP contribution in [0.2, 0.25) is 0 Å². The number of alkyl halides is 2. The van der Waals surface area contributed by atoms with Gasteiger partial charge in [-0.2, -0.15) is 8.78 Å². The molecule has 1 amide bonds. The highest BCUT2D eigenvalue weighted by atomic mass is 19.3. The molecule has 0 bridgehead atoms. The van der Waals surface area contributed by atoms with E-state index >= 15 is 0 Å². The summed E-state index contributed by atoms with van der Waals surface area (Å²) in [6.45, 7) is 1.16. The molecular formula is C21H22F2N2O2. The third-order valence-corrected chi connectivity index (χ3v) is 4.49. The lowest BCUT2D eigenvalue weighted by Crippen LogP contribution is -2.18. The van der Waals surface area contributed by atoms with Crippen molar-refractivity contribution in [1.29, 1.82) is 0 Å². The molecule has 1 N–H and O–H groups in total. The summed E-state index contributed by atoms with van der Waals surface area (Å²) < 4.78 is 29.3. The second kappa shape index (κ2) is 8.66. The van der Waals surface area contributed by atoms with Crippen molar-refractivity contribution in [3.8, 4) is 5.75 Å². The predicted molar refractivity (Wildman–Crippen MR) is 103 cm³/mol. The standard InChI is InChI=1S/C21H22F2N2O2/c1-15-14-17(25-12-4-5-13-25)9-10-18(15)24-20(26)11-8-16-6-2-3-7-19(16)27-21(22)23/h2-3,6-11,14,21H,4-5,12-13H2,1H3,(H,24,26)/b11-8+. The molecule has 0 spiro atoms. The van der Waals surface area contributed by atoms with E-state index in [0.717, 1.165) is 30.0 Å². The van der Waals surface area contributed by atoms with Crippen molar-refractivity contribution in [2.75, 3.05) is 23.3 Å². The van der Waals surface area contributed by atoms with Gasteiger partial charge in [0.2, 0.25) is 5.91 Å². The quantitative estimate of drug-likeness (QED) is 0.737. The first-order chi connectivity index (χ1) is 13.0. The van der Waals surface area contributed by atoms with Crippen molar-refractivity contribution in [3.05, 3.63) is 59.7 Å². The van der Waals surface area contributed by atoms with Gasteiger partial charge in [-0.05, 0) is 55.7 Å². The van der Waals surface area contributed by atoms with Crippen LogP contribution in [-0.2, 0) is 4.79 Å². The van der Waals surface area contributed by atoms with Crippen LogP contribution in [0.25, 0.3) is 6.08 Å². The van der Waals surface area contributed by atoms with Crippen LogP contribution in [0, 0.1) is 6.92 Å². The van der Waals surface area contributed by atoms with E-state index in [0.29, 0.717) is 5.56 Å². The highest BCUT2D eigenvalue weighted by molar-refractivity contribution is 6.02. The fraction of sp³-hybridized carbons (Fsp3) is 0.286. The first-order valence-electron chi connectivity index (χ1n) is 8.91. The van der Waals surface area contributed by atoms with Crippen molar-refractivity contribution in [2.24, 2.45) is 0 Å². The molecule has 1 heterocycles. The van der Waals surface area contributed by atoms with Gasteiger partial charge in [0.1, 0.15) is 5.75 Å². The molecule has 1 aliphatic rings. The molecule has 27 heavy (non-hydrogen) atoms. The second-order valence-corrected chi connectivity index (χ2v) is 6.43. The van der Waals surface area contributed by atoms with Gasteiger partial charge in [-0.25, -0.2) is 0 Å². The summed E-state index contributed by atoms with van der Waals surface area (Å²) in [6.07, 6.45) is 5.18. The van der Waals surface area contributed by atoms with Crippen LogP contribution in [0.1, 0.15) is 24.0 Å². The summed E-state index contributed by atoms with van der Waals surface area (Å²) in [5.74, 6) is -0.304. The Labute approximate surface area is 157 Å². The van der Waals surface area contributed by atoms with Crippen LogP contribution >= 0.6 is 0 Å². The second-order valence-electron chi connectivity index (χ2n) is 6.43. The van der Waals surface area contributed by atoms with E-state index in [1.165, 1.54) is 31.1 Å². The molecule has 3 rings (SSSR count). The Morgan fingerprint density at radius 2 is 1.93 bits per heavy atom.